The van der Waals surface area contributed by atoms with Crippen LogP contribution in [0.2, 0.25) is 0 Å². The molecule has 1 aliphatic heterocycles. The molecule has 0 unspecified atom stereocenters. The molecular formula is C25H26F3N3O2. The van der Waals surface area contributed by atoms with Crippen molar-refractivity contribution in [3.63, 3.8) is 0 Å². The third kappa shape index (κ3) is 6.37. The van der Waals surface area contributed by atoms with Crippen molar-refractivity contribution in [2.75, 3.05) is 6.54 Å². The topological polar surface area (TPSA) is 45.1 Å². The molecule has 2 amide bonds. The van der Waals surface area contributed by atoms with Gasteiger partial charge in [-0.1, -0.05) is 42.5 Å². The summed E-state index contributed by atoms with van der Waals surface area (Å²) in [5.41, 5.74) is 3.56. The molecule has 0 bridgehead atoms. The maximum Gasteiger partial charge on any atom is 0.573 e. The molecule has 1 fully saturated rings. The highest BCUT2D eigenvalue weighted by atomic mass is 19.4. The predicted octanol–water partition coefficient (Wildman–Crippen LogP) is 6.22. The quantitative estimate of drug-likeness (QED) is 0.517. The summed E-state index contributed by atoms with van der Waals surface area (Å²) in [6, 6.07) is 15.8. The number of carbonyl (C=O) groups excluding carboxylic acids is 1. The van der Waals surface area contributed by atoms with Crippen LogP contribution in [0.1, 0.15) is 43.7 Å². The molecule has 2 aliphatic rings. The van der Waals surface area contributed by atoms with Crippen LogP contribution in [-0.4, -0.2) is 40.6 Å². The van der Waals surface area contributed by atoms with Crippen molar-refractivity contribution in [1.82, 2.24) is 9.91 Å². The molecule has 0 atom stereocenters. The Morgan fingerprint density at radius 1 is 1.09 bits per heavy atom. The van der Waals surface area contributed by atoms with E-state index in [4.69, 9.17) is 0 Å². The first-order valence-electron chi connectivity index (χ1n) is 11.0. The number of hydrogen-bond donors (Lipinski definition) is 0. The third-order valence-corrected chi connectivity index (χ3v) is 5.68. The molecule has 5 nitrogen and oxygen atoms in total. The van der Waals surface area contributed by atoms with Gasteiger partial charge in [0, 0.05) is 24.5 Å². The van der Waals surface area contributed by atoms with E-state index in [0.717, 1.165) is 36.1 Å². The van der Waals surface area contributed by atoms with Gasteiger partial charge in [-0.2, -0.15) is 10.1 Å². The molecular weight excluding hydrogens is 431 g/mol. The third-order valence-electron chi connectivity index (χ3n) is 5.68. The Morgan fingerprint density at radius 2 is 1.79 bits per heavy atom. The van der Waals surface area contributed by atoms with Gasteiger partial charge < -0.3 is 9.64 Å². The number of urea groups is 1. The maximum absolute atomic E-state index is 13.4. The second-order valence-corrected chi connectivity index (χ2v) is 8.35. The Labute approximate surface area is 191 Å². The number of allylic oxidation sites excluding steroid dienone is 1. The molecule has 1 heterocycles. The number of benzene rings is 2. The van der Waals surface area contributed by atoms with Crippen molar-refractivity contribution < 1.29 is 22.7 Å². The van der Waals surface area contributed by atoms with Crippen LogP contribution in [0.5, 0.6) is 5.75 Å². The van der Waals surface area contributed by atoms with Crippen molar-refractivity contribution >= 4 is 17.3 Å². The molecule has 33 heavy (non-hydrogen) atoms. The van der Waals surface area contributed by atoms with Gasteiger partial charge in [0.15, 0.2) is 0 Å². The van der Waals surface area contributed by atoms with Gasteiger partial charge in [-0.05, 0) is 67.9 Å². The van der Waals surface area contributed by atoms with Gasteiger partial charge in [-0.15, -0.1) is 13.2 Å². The number of hydrazone groups is 1. The molecule has 0 N–H and O–H groups in total. The summed E-state index contributed by atoms with van der Waals surface area (Å²) in [4.78, 5) is 15.3. The summed E-state index contributed by atoms with van der Waals surface area (Å²) in [5, 5.41) is 5.90. The molecule has 0 saturated heterocycles. The van der Waals surface area contributed by atoms with E-state index in [2.05, 4.69) is 9.84 Å². The Hall–Kier alpha value is -3.29. The van der Waals surface area contributed by atoms with Gasteiger partial charge >= 0.3 is 12.4 Å². The Bertz CT molecular complexity index is 1030. The summed E-state index contributed by atoms with van der Waals surface area (Å²) >= 11 is 0. The first-order valence-corrected chi connectivity index (χ1v) is 11.0. The summed E-state index contributed by atoms with van der Waals surface area (Å²) < 4.78 is 41.3. The van der Waals surface area contributed by atoms with Crippen molar-refractivity contribution in [1.29, 1.82) is 0 Å². The highest BCUT2D eigenvalue weighted by molar-refractivity contribution is 5.88. The van der Waals surface area contributed by atoms with Gasteiger partial charge in [0.25, 0.3) is 0 Å². The molecule has 0 spiro atoms. The standard InChI is InChI=1S/C25H26F3N3O2/c1-18-7-8-21(20-9-13-23(14-10-20)33-25(26,27)28)17-31(29-18)24(32)30(22-11-12-22)16-15-19-5-3-2-4-6-19/h2-6,9-10,13-14,17,22H,7-8,11-12,15-16H2,1H3. The van der Waals surface area contributed by atoms with E-state index < -0.39 is 6.36 Å². The van der Waals surface area contributed by atoms with Gasteiger partial charge in [0.05, 0.1) is 0 Å². The summed E-state index contributed by atoms with van der Waals surface area (Å²) in [6.45, 7) is 2.48. The Kier molecular flexibility index (Phi) is 6.72. The highest BCUT2D eigenvalue weighted by Crippen LogP contribution is 2.31. The highest BCUT2D eigenvalue weighted by Gasteiger charge is 2.35. The van der Waals surface area contributed by atoms with Gasteiger partial charge in [-0.3, -0.25) is 0 Å². The fourth-order valence-corrected chi connectivity index (χ4v) is 3.82. The molecule has 4 rings (SSSR count). The van der Waals surface area contributed by atoms with Crippen LogP contribution in [0, 0.1) is 0 Å². The average molecular weight is 457 g/mol. The van der Waals surface area contributed by atoms with Crippen molar-refractivity contribution in [2.24, 2.45) is 5.10 Å². The minimum atomic E-state index is -4.73. The van der Waals surface area contributed by atoms with Crippen LogP contribution in [0.25, 0.3) is 5.57 Å². The van der Waals surface area contributed by atoms with Crippen LogP contribution < -0.4 is 4.74 Å². The summed E-state index contributed by atoms with van der Waals surface area (Å²) in [6.07, 6.45) is 0.981. The van der Waals surface area contributed by atoms with Gasteiger partial charge in [0.1, 0.15) is 5.75 Å². The normalized spacial score (nSPS) is 16.5. The van der Waals surface area contributed by atoms with E-state index in [1.807, 2.05) is 42.2 Å². The first kappa shape index (κ1) is 22.9. The lowest BCUT2D eigenvalue weighted by molar-refractivity contribution is -0.274. The van der Waals surface area contributed by atoms with E-state index >= 15 is 0 Å². The lowest BCUT2D eigenvalue weighted by Gasteiger charge is -2.26. The van der Waals surface area contributed by atoms with Crippen molar-refractivity contribution in [3.8, 4) is 5.75 Å². The lowest BCUT2D eigenvalue weighted by Crippen LogP contribution is -2.41. The van der Waals surface area contributed by atoms with E-state index in [1.54, 1.807) is 18.3 Å². The molecule has 0 aromatic heterocycles. The van der Waals surface area contributed by atoms with E-state index in [9.17, 15) is 18.0 Å². The molecule has 8 heteroatoms. The smallest absolute Gasteiger partial charge is 0.406 e. The fraction of sp³-hybridized carbons (Fsp3) is 0.360. The van der Waals surface area contributed by atoms with E-state index in [1.165, 1.54) is 22.7 Å². The molecule has 2 aromatic rings. The van der Waals surface area contributed by atoms with Crippen LogP contribution in [0.3, 0.4) is 0 Å². The first-order chi connectivity index (χ1) is 15.8. The molecule has 0 radical (unpaired) electrons. The van der Waals surface area contributed by atoms with Gasteiger partial charge in [0.2, 0.25) is 0 Å². The fourth-order valence-electron chi connectivity index (χ4n) is 3.82. The number of amides is 2. The zero-order valence-electron chi connectivity index (χ0n) is 18.4. The predicted molar refractivity (Wildman–Crippen MR) is 121 cm³/mol. The molecule has 2 aromatic carbocycles. The molecule has 1 aliphatic carbocycles. The average Bonchev–Trinajstić information content (AvgIpc) is 3.62. The van der Waals surface area contributed by atoms with E-state index in [0.29, 0.717) is 19.4 Å². The molecule has 174 valence electrons. The van der Waals surface area contributed by atoms with Crippen LogP contribution in [0.4, 0.5) is 18.0 Å². The number of hydrogen-bond acceptors (Lipinski definition) is 3. The maximum atomic E-state index is 13.4. The Morgan fingerprint density at radius 3 is 2.42 bits per heavy atom. The minimum absolute atomic E-state index is 0.177. The molecule has 1 saturated carbocycles. The number of rotatable bonds is 6. The second kappa shape index (κ2) is 9.68. The Balaban J connectivity index is 1.52. The zero-order valence-corrected chi connectivity index (χ0v) is 18.4. The van der Waals surface area contributed by atoms with Crippen molar-refractivity contribution in [2.45, 2.75) is 51.4 Å². The number of ether oxygens (including phenoxy) is 1. The minimum Gasteiger partial charge on any atom is -0.406 e. The lowest BCUT2D eigenvalue weighted by atomic mass is 10.0. The number of carbonyl (C=O) groups is 1. The monoisotopic (exact) mass is 457 g/mol. The number of halogens is 3. The number of alkyl halides is 3. The number of nitrogens with zero attached hydrogens (tertiary/aromatic N) is 3. The SMILES string of the molecule is CC1=NN(C(=O)N(CCc2ccccc2)C2CC2)C=C(c2ccc(OC(F)(F)F)cc2)CC1. The van der Waals surface area contributed by atoms with Crippen molar-refractivity contribution in [3.05, 3.63) is 71.9 Å². The summed E-state index contributed by atoms with van der Waals surface area (Å²) in [7, 11) is 0. The van der Waals surface area contributed by atoms with E-state index in [-0.39, 0.29) is 17.8 Å². The zero-order chi connectivity index (χ0) is 23.4. The second-order valence-electron chi connectivity index (χ2n) is 8.35. The largest absolute Gasteiger partial charge is 0.573 e. The van der Waals surface area contributed by atoms with Crippen LogP contribution in [-0.2, 0) is 6.42 Å². The van der Waals surface area contributed by atoms with Crippen LogP contribution in [0.15, 0.2) is 65.9 Å². The van der Waals surface area contributed by atoms with Crippen LogP contribution >= 0.6 is 0 Å². The van der Waals surface area contributed by atoms with Gasteiger partial charge in [-0.25, -0.2) is 4.79 Å². The summed E-state index contributed by atoms with van der Waals surface area (Å²) in [5.74, 6) is -0.276.